The summed E-state index contributed by atoms with van der Waals surface area (Å²) in [6.07, 6.45) is 0. The van der Waals surface area contributed by atoms with Crippen LogP contribution in [0.4, 0.5) is 5.69 Å². The maximum atomic E-state index is 12.9. The van der Waals surface area contributed by atoms with Crippen molar-refractivity contribution < 1.29 is 14.4 Å². The predicted octanol–water partition coefficient (Wildman–Crippen LogP) is 3.62. The van der Waals surface area contributed by atoms with E-state index in [-0.39, 0.29) is 23.0 Å². The van der Waals surface area contributed by atoms with Crippen LogP contribution in [0.5, 0.6) is 0 Å². The Hall–Kier alpha value is -4.46. The molecule has 0 spiro atoms. The summed E-state index contributed by atoms with van der Waals surface area (Å²) in [5, 5.41) is 15.2. The molecule has 1 N–H and O–H groups in total. The second kappa shape index (κ2) is 7.90. The number of carbonyl (C=O) groups is 3. The van der Waals surface area contributed by atoms with Gasteiger partial charge < -0.3 is 5.32 Å². The number of tetrazole rings is 1. The molecule has 5 rings (SSSR count). The number of hydrogen-bond acceptors (Lipinski definition) is 6. The van der Waals surface area contributed by atoms with Gasteiger partial charge in [-0.3, -0.25) is 14.4 Å². The van der Waals surface area contributed by atoms with Crippen molar-refractivity contribution in [3.05, 3.63) is 94.5 Å². The van der Waals surface area contributed by atoms with Gasteiger partial charge in [0, 0.05) is 33.5 Å². The Morgan fingerprint density at radius 2 is 1.52 bits per heavy atom. The highest BCUT2D eigenvalue weighted by Crippen LogP contribution is 2.29. The Balaban J connectivity index is 1.36. The maximum absolute atomic E-state index is 12.9. The van der Waals surface area contributed by atoms with E-state index < -0.39 is 6.04 Å². The van der Waals surface area contributed by atoms with Crippen molar-refractivity contribution in [2.45, 2.75) is 19.9 Å². The first-order valence-corrected chi connectivity index (χ1v) is 10.4. The topological polar surface area (TPSA) is 107 Å². The SMILES string of the molecule is Cc1ccc(-c2nnn(C(C)C(=O)Nc3ccc4c(c3)C(=O)c3ccccc3C4=O)n2)cc1. The molecule has 162 valence electrons. The Labute approximate surface area is 189 Å². The standard InChI is InChI=1S/C25H19N5O3/c1-14-7-9-16(10-8-14)24-27-29-30(28-24)15(2)25(33)26-17-11-12-20-21(13-17)23(32)19-6-4-3-5-18(19)22(20)31/h3-13,15H,1-2H3,(H,26,33). The van der Waals surface area contributed by atoms with Crippen molar-refractivity contribution in [1.82, 2.24) is 20.2 Å². The maximum Gasteiger partial charge on any atom is 0.250 e. The smallest absolute Gasteiger partial charge is 0.250 e. The van der Waals surface area contributed by atoms with Crippen LogP contribution < -0.4 is 5.32 Å². The molecule has 0 aliphatic heterocycles. The molecule has 8 nitrogen and oxygen atoms in total. The largest absolute Gasteiger partial charge is 0.324 e. The van der Waals surface area contributed by atoms with Crippen molar-refractivity contribution in [2.75, 3.05) is 5.32 Å². The van der Waals surface area contributed by atoms with E-state index in [1.165, 1.54) is 10.9 Å². The van der Waals surface area contributed by atoms with Crippen LogP contribution in [0, 0.1) is 6.92 Å². The minimum absolute atomic E-state index is 0.207. The fraction of sp³-hybridized carbons (Fsp3) is 0.120. The van der Waals surface area contributed by atoms with E-state index in [1.807, 2.05) is 31.2 Å². The molecule has 0 radical (unpaired) electrons. The monoisotopic (exact) mass is 437 g/mol. The fourth-order valence-electron chi connectivity index (χ4n) is 3.74. The number of nitrogens with one attached hydrogen (secondary N) is 1. The van der Waals surface area contributed by atoms with Gasteiger partial charge in [0.05, 0.1) is 0 Å². The molecule has 1 amide bonds. The third kappa shape index (κ3) is 3.61. The summed E-state index contributed by atoms with van der Waals surface area (Å²) in [7, 11) is 0. The molecule has 0 bridgehead atoms. The number of rotatable bonds is 4. The second-order valence-corrected chi connectivity index (χ2v) is 7.93. The number of aromatic nitrogens is 4. The third-order valence-corrected chi connectivity index (χ3v) is 5.66. The van der Waals surface area contributed by atoms with E-state index in [0.29, 0.717) is 28.2 Å². The average molecular weight is 437 g/mol. The molecular formula is C25H19N5O3. The number of anilines is 1. The van der Waals surface area contributed by atoms with Crippen molar-refractivity contribution in [3.8, 4) is 11.4 Å². The Bertz CT molecular complexity index is 1420. The number of hydrogen-bond donors (Lipinski definition) is 1. The Morgan fingerprint density at radius 3 is 2.21 bits per heavy atom. The van der Waals surface area contributed by atoms with E-state index in [4.69, 9.17) is 0 Å². The number of aryl methyl sites for hydroxylation is 1. The molecular weight excluding hydrogens is 418 g/mol. The number of fused-ring (bicyclic) bond motifs is 2. The van der Waals surface area contributed by atoms with E-state index in [9.17, 15) is 14.4 Å². The Kier molecular flexibility index (Phi) is 4.90. The minimum atomic E-state index is -0.745. The number of nitrogens with zero attached hydrogens (tertiary/aromatic N) is 4. The van der Waals surface area contributed by atoms with Crippen molar-refractivity contribution in [3.63, 3.8) is 0 Å². The quantitative estimate of drug-likeness (QED) is 0.460. The van der Waals surface area contributed by atoms with Gasteiger partial charge in [-0.2, -0.15) is 4.80 Å². The first-order valence-electron chi connectivity index (χ1n) is 10.4. The van der Waals surface area contributed by atoms with Crippen LogP contribution in [0.1, 0.15) is 50.4 Å². The lowest BCUT2D eigenvalue weighted by Gasteiger charge is -2.18. The second-order valence-electron chi connectivity index (χ2n) is 7.93. The molecule has 1 atom stereocenters. The van der Waals surface area contributed by atoms with Gasteiger partial charge in [0.25, 0.3) is 5.91 Å². The molecule has 1 aliphatic carbocycles. The highest BCUT2D eigenvalue weighted by Gasteiger charge is 2.29. The highest BCUT2D eigenvalue weighted by molar-refractivity contribution is 6.28. The van der Waals surface area contributed by atoms with Gasteiger partial charge in [-0.05, 0) is 37.3 Å². The number of ketones is 2. The van der Waals surface area contributed by atoms with Crippen LogP contribution in [-0.2, 0) is 4.79 Å². The van der Waals surface area contributed by atoms with Crippen LogP contribution >= 0.6 is 0 Å². The van der Waals surface area contributed by atoms with Crippen LogP contribution in [0.2, 0.25) is 0 Å². The number of carbonyl (C=O) groups excluding carboxylic acids is 3. The summed E-state index contributed by atoms with van der Waals surface area (Å²) in [5.74, 6) is -0.407. The van der Waals surface area contributed by atoms with E-state index in [0.717, 1.165) is 11.1 Å². The highest BCUT2D eigenvalue weighted by atomic mass is 16.2. The van der Waals surface area contributed by atoms with Gasteiger partial charge in [-0.15, -0.1) is 10.2 Å². The Morgan fingerprint density at radius 1 is 0.879 bits per heavy atom. The van der Waals surface area contributed by atoms with Gasteiger partial charge in [0.2, 0.25) is 5.82 Å². The van der Waals surface area contributed by atoms with Gasteiger partial charge in [-0.25, -0.2) is 0 Å². The molecule has 1 heterocycles. The van der Waals surface area contributed by atoms with E-state index >= 15 is 0 Å². The normalized spacial score (nSPS) is 13.3. The lowest BCUT2D eigenvalue weighted by atomic mass is 9.84. The van der Waals surface area contributed by atoms with Crippen molar-refractivity contribution in [2.24, 2.45) is 0 Å². The van der Waals surface area contributed by atoms with Crippen LogP contribution in [0.25, 0.3) is 11.4 Å². The summed E-state index contributed by atoms with van der Waals surface area (Å²) in [6, 6.07) is 18.4. The van der Waals surface area contributed by atoms with Crippen molar-refractivity contribution >= 4 is 23.2 Å². The zero-order valence-electron chi connectivity index (χ0n) is 17.9. The van der Waals surface area contributed by atoms with Crippen LogP contribution in [0.3, 0.4) is 0 Å². The molecule has 3 aromatic carbocycles. The minimum Gasteiger partial charge on any atom is -0.324 e. The lowest BCUT2D eigenvalue weighted by Crippen LogP contribution is -2.26. The predicted molar refractivity (Wildman–Crippen MR) is 121 cm³/mol. The van der Waals surface area contributed by atoms with Crippen molar-refractivity contribution in [1.29, 1.82) is 0 Å². The molecule has 8 heteroatoms. The van der Waals surface area contributed by atoms with Gasteiger partial charge in [-0.1, -0.05) is 54.1 Å². The summed E-state index contributed by atoms with van der Waals surface area (Å²) in [6.45, 7) is 3.64. The zero-order chi connectivity index (χ0) is 23.1. The molecule has 1 unspecified atom stereocenters. The lowest BCUT2D eigenvalue weighted by molar-refractivity contribution is -0.119. The summed E-state index contributed by atoms with van der Waals surface area (Å²) in [5.41, 5.74) is 3.68. The fourth-order valence-corrected chi connectivity index (χ4v) is 3.74. The molecule has 0 saturated carbocycles. The first-order chi connectivity index (χ1) is 15.9. The van der Waals surface area contributed by atoms with Crippen LogP contribution in [0.15, 0.2) is 66.7 Å². The first kappa shape index (κ1) is 20.4. The zero-order valence-corrected chi connectivity index (χ0v) is 17.9. The summed E-state index contributed by atoms with van der Waals surface area (Å²) in [4.78, 5) is 39.7. The van der Waals surface area contributed by atoms with Crippen LogP contribution in [-0.4, -0.2) is 37.7 Å². The van der Waals surface area contributed by atoms with E-state index in [2.05, 4.69) is 20.7 Å². The molecule has 4 aromatic rings. The number of amides is 1. The van der Waals surface area contributed by atoms with Gasteiger partial charge in [0.15, 0.2) is 11.6 Å². The molecule has 0 saturated heterocycles. The summed E-state index contributed by atoms with van der Waals surface area (Å²) >= 11 is 0. The molecule has 1 aromatic heterocycles. The average Bonchev–Trinajstić information content (AvgIpc) is 3.32. The third-order valence-electron chi connectivity index (χ3n) is 5.66. The van der Waals surface area contributed by atoms with E-state index in [1.54, 1.807) is 43.3 Å². The number of benzene rings is 3. The van der Waals surface area contributed by atoms with Gasteiger partial charge >= 0.3 is 0 Å². The molecule has 33 heavy (non-hydrogen) atoms. The summed E-state index contributed by atoms with van der Waals surface area (Å²) < 4.78 is 0. The molecule has 0 fully saturated rings. The van der Waals surface area contributed by atoms with Gasteiger partial charge in [0.1, 0.15) is 6.04 Å². The molecule has 1 aliphatic rings.